The van der Waals surface area contributed by atoms with Gasteiger partial charge in [0.2, 0.25) is 0 Å². The van der Waals surface area contributed by atoms with Crippen LogP contribution in [0.1, 0.15) is 25.7 Å². The molecule has 1 aromatic rings. The average molecular weight is 360 g/mol. The molecule has 1 aromatic carbocycles. The zero-order chi connectivity index (χ0) is 15.6. The number of anilines is 1. The van der Waals surface area contributed by atoms with Crippen LogP contribution in [-0.4, -0.2) is 36.0 Å². The fraction of sp³-hybridized carbons (Fsp3) is 0.571. The Morgan fingerprint density at radius 2 is 2.05 bits per heavy atom. The summed E-state index contributed by atoms with van der Waals surface area (Å²) in [7, 11) is 4.06. The molecule has 0 bridgehead atoms. The molecule has 0 atom stereocenters. The van der Waals surface area contributed by atoms with Gasteiger partial charge in [0.05, 0.1) is 15.5 Å². The minimum absolute atomic E-state index is 0.00866. The summed E-state index contributed by atoms with van der Waals surface area (Å²) in [5.74, 6) is -0.629. The average Bonchev–Trinajstić information content (AvgIpc) is 2.89. The molecule has 1 saturated carbocycles. The third-order valence-electron chi connectivity index (χ3n) is 4.33. The van der Waals surface area contributed by atoms with Crippen molar-refractivity contribution in [1.29, 1.82) is 0 Å². The first-order valence-corrected chi connectivity index (χ1v) is 7.70. The van der Waals surface area contributed by atoms with Gasteiger partial charge in [-0.3, -0.25) is 10.1 Å². The lowest BCUT2D eigenvalue weighted by Gasteiger charge is -2.36. The second-order valence-corrected chi connectivity index (χ2v) is 6.57. The minimum Gasteiger partial charge on any atom is -0.378 e. The molecule has 0 unspecified atom stereocenters. The largest absolute Gasteiger partial charge is 0.378 e. The van der Waals surface area contributed by atoms with E-state index >= 15 is 0 Å². The number of nitro benzene ring substituents is 1. The fourth-order valence-electron chi connectivity index (χ4n) is 2.90. The number of rotatable bonds is 5. The second-order valence-electron chi connectivity index (χ2n) is 5.72. The van der Waals surface area contributed by atoms with Crippen molar-refractivity contribution < 1.29 is 9.31 Å². The highest BCUT2D eigenvalue weighted by molar-refractivity contribution is 9.10. The molecule has 7 heteroatoms. The molecule has 0 aliphatic heterocycles. The summed E-state index contributed by atoms with van der Waals surface area (Å²) >= 11 is 3.08. The van der Waals surface area contributed by atoms with Crippen molar-refractivity contribution in [2.24, 2.45) is 0 Å². The lowest BCUT2D eigenvalue weighted by Crippen LogP contribution is -2.47. The number of benzene rings is 1. The summed E-state index contributed by atoms with van der Waals surface area (Å²) in [4.78, 5) is 12.7. The Kier molecular flexibility index (Phi) is 4.83. The van der Waals surface area contributed by atoms with E-state index in [4.69, 9.17) is 0 Å². The van der Waals surface area contributed by atoms with Gasteiger partial charge < -0.3 is 10.2 Å². The van der Waals surface area contributed by atoms with Crippen LogP contribution in [-0.2, 0) is 0 Å². The first-order valence-electron chi connectivity index (χ1n) is 6.90. The summed E-state index contributed by atoms with van der Waals surface area (Å²) in [6.07, 6.45) is 4.44. The standard InChI is InChI=1S/C14H19BrFN3O2/c1-18(2)14(5-3-4-6-14)9-17-12-7-10(15)11(16)8-13(12)19(20)21/h7-8,17H,3-6,9H2,1-2H3. The Morgan fingerprint density at radius 1 is 1.43 bits per heavy atom. The summed E-state index contributed by atoms with van der Waals surface area (Å²) in [5, 5.41) is 14.2. The van der Waals surface area contributed by atoms with Crippen LogP contribution >= 0.6 is 15.9 Å². The highest BCUT2D eigenvalue weighted by Crippen LogP contribution is 2.36. The van der Waals surface area contributed by atoms with E-state index in [1.165, 1.54) is 6.07 Å². The first-order chi connectivity index (χ1) is 9.85. The first kappa shape index (κ1) is 16.2. The van der Waals surface area contributed by atoms with Crippen LogP contribution in [0.25, 0.3) is 0 Å². The Morgan fingerprint density at radius 3 is 2.57 bits per heavy atom. The van der Waals surface area contributed by atoms with Crippen molar-refractivity contribution in [3.8, 4) is 0 Å². The molecule has 21 heavy (non-hydrogen) atoms. The summed E-state index contributed by atoms with van der Waals surface area (Å²) in [6.45, 7) is 0.610. The Hall–Kier alpha value is -1.21. The van der Waals surface area contributed by atoms with Crippen LogP contribution in [0.5, 0.6) is 0 Å². The van der Waals surface area contributed by atoms with Crippen LogP contribution in [0.3, 0.4) is 0 Å². The van der Waals surface area contributed by atoms with Gasteiger partial charge in [-0.15, -0.1) is 0 Å². The Labute approximate surface area is 131 Å². The maximum absolute atomic E-state index is 13.5. The van der Waals surface area contributed by atoms with Crippen LogP contribution < -0.4 is 5.32 Å². The quantitative estimate of drug-likeness (QED) is 0.641. The van der Waals surface area contributed by atoms with E-state index < -0.39 is 10.7 Å². The topological polar surface area (TPSA) is 58.4 Å². The number of nitro groups is 1. The van der Waals surface area contributed by atoms with Gasteiger partial charge in [0.1, 0.15) is 11.5 Å². The van der Waals surface area contributed by atoms with Gasteiger partial charge in [-0.25, -0.2) is 4.39 Å². The second kappa shape index (κ2) is 6.27. The summed E-state index contributed by atoms with van der Waals surface area (Å²) in [5.41, 5.74) is 0.123. The van der Waals surface area contributed by atoms with E-state index in [9.17, 15) is 14.5 Å². The van der Waals surface area contributed by atoms with E-state index in [0.29, 0.717) is 12.2 Å². The molecule has 1 aliphatic rings. The van der Waals surface area contributed by atoms with Crippen LogP contribution in [0.4, 0.5) is 15.8 Å². The van der Waals surface area contributed by atoms with E-state index in [0.717, 1.165) is 31.7 Å². The molecule has 0 aromatic heterocycles. The number of nitrogens with zero attached hydrogens (tertiary/aromatic N) is 2. The molecule has 0 amide bonds. The SMILES string of the molecule is CN(C)C1(CNc2cc(Br)c(F)cc2[N+](=O)[O-])CCCC1. The van der Waals surface area contributed by atoms with Gasteiger partial charge >= 0.3 is 0 Å². The lowest BCUT2D eigenvalue weighted by molar-refractivity contribution is -0.384. The number of likely N-dealkylation sites (N-methyl/N-ethyl adjacent to an activating group) is 1. The maximum Gasteiger partial charge on any atom is 0.295 e. The third-order valence-corrected chi connectivity index (χ3v) is 4.93. The molecule has 0 heterocycles. The van der Waals surface area contributed by atoms with Gasteiger partial charge in [0.15, 0.2) is 0 Å². The predicted molar refractivity (Wildman–Crippen MR) is 84.1 cm³/mol. The van der Waals surface area contributed by atoms with Gasteiger partial charge in [0, 0.05) is 12.1 Å². The lowest BCUT2D eigenvalue weighted by atomic mass is 9.96. The molecule has 1 fully saturated rings. The monoisotopic (exact) mass is 359 g/mol. The smallest absolute Gasteiger partial charge is 0.295 e. The number of hydrogen-bond acceptors (Lipinski definition) is 4. The zero-order valence-electron chi connectivity index (χ0n) is 12.2. The Balaban J connectivity index is 2.23. The van der Waals surface area contributed by atoms with Gasteiger partial charge in [-0.05, 0) is 48.9 Å². The molecule has 0 spiro atoms. The van der Waals surface area contributed by atoms with Crippen LogP contribution in [0.15, 0.2) is 16.6 Å². The van der Waals surface area contributed by atoms with Crippen LogP contribution in [0.2, 0.25) is 0 Å². The number of nitrogens with one attached hydrogen (secondary N) is 1. The third kappa shape index (κ3) is 3.35. The highest BCUT2D eigenvalue weighted by atomic mass is 79.9. The fourth-order valence-corrected chi connectivity index (χ4v) is 3.25. The van der Waals surface area contributed by atoms with Crippen LogP contribution in [0, 0.1) is 15.9 Å². The molecule has 0 saturated heterocycles. The van der Waals surface area contributed by atoms with Crippen molar-refractivity contribution >= 4 is 27.3 Å². The van der Waals surface area contributed by atoms with Crippen molar-refractivity contribution in [3.05, 3.63) is 32.5 Å². The predicted octanol–water partition coefficient (Wildman–Crippen LogP) is 3.78. The van der Waals surface area contributed by atoms with Gasteiger partial charge in [-0.2, -0.15) is 0 Å². The molecule has 1 N–H and O–H groups in total. The van der Waals surface area contributed by atoms with Crippen molar-refractivity contribution in [1.82, 2.24) is 4.90 Å². The van der Waals surface area contributed by atoms with Gasteiger partial charge in [-0.1, -0.05) is 12.8 Å². The maximum atomic E-state index is 13.5. The molecule has 1 aliphatic carbocycles. The van der Waals surface area contributed by atoms with Crippen molar-refractivity contribution in [3.63, 3.8) is 0 Å². The van der Waals surface area contributed by atoms with Crippen molar-refractivity contribution in [2.45, 2.75) is 31.2 Å². The highest BCUT2D eigenvalue weighted by Gasteiger charge is 2.36. The summed E-state index contributed by atoms with van der Waals surface area (Å²) in [6, 6.07) is 2.38. The number of halogens is 2. The molecule has 5 nitrogen and oxygen atoms in total. The number of hydrogen-bond donors (Lipinski definition) is 1. The molecule has 0 radical (unpaired) electrons. The van der Waals surface area contributed by atoms with E-state index in [-0.39, 0.29) is 15.7 Å². The molecule has 116 valence electrons. The van der Waals surface area contributed by atoms with E-state index in [1.54, 1.807) is 0 Å². The van der Waals surface area contributed by atoms with E-state index in [1.807, 2.05) is 14.1 Å². The normalized spacial score (nSPS) is 17.2. The summed E-state index contributed by atoms with van der Waals surface area (Å²) < 4.78 is 13.7. The van der Waals surface area contributed by atoms with E-state index in [2.05, 4.69) is 26.1 Å². The minimum atomic E-state index is -0.629. The van der Waals surface area contributed by atoms with Gasteiger partial charge in [0.25, 0.3) is 5.69 Å². The van der Waals surface area contributed by atoms with Crippen molar-refractivity contribution in [2.75, 3.05) is 26.0 Å². The molecular formula is C14H19BrFN3O2. The molecule has 2 rings (SSSR count). The zero-order valence-corrected chi connectivity index (χ0v) is 13.7. The molecular weight excluding hydrogens is 341 g/mol. The Bertz CT molecular complexity index is 545.